The molecule has 0 radical (unpaired) electrons. The number of alkyl halides is 4. The van der Waals surface area contributed by atoms with Crippen LogP contribution in [0.1, 0.15) is 32.6 Å². The zero-order valence-electron chi connectivity index (χ0n) is 8.11. The summed E-state index contributed by atoms with van der Waals surface area (Å²) in [5.41, 5.74) is 0. The van der Waals surface area contributed by atoms with Crippen LogP contribution < -0.4 is 0 Å². The van der Waals surface area contributed by atoms with Gasteiger partial charge in [-0.1, -0.05) is 6.92 Å². The Morgan fingerprint density at radius 1 is 1.36 bits per heavy atom. The molecule has 0 aromatic carbocycles. The average molecular weight is 253 g/mol. The van der Waals surface area contributed by atoms with Crippen molar-refractivity contribution in [3.8, 4) is 0 Å². The summed E-state index contributed by atoms with van der Waals surface area (Å²) >= 11 is 5.27. The summed E-state index contributed by atoms with van der Waals surface area (Å²) in [4.78, 5) is 0. The second kappa shape index (κ2) is 11.5. The van der Waals surface area contributed by atoms with Gasteiger partial charge in [0.15, 0.2) is 0 Å². The molecule has 0 spiro atoms. The molecule has 0 fully saturated rings. The van der Waals surface area contributed by atoms with Crippen LogP contribution in [0.4, 0.5) is 13.2 Å². The van der Waals surface area contributed by atoms with Crippen molar-refractivity contribution in [2.45, 2.75) is 38.0 Å². The van der Waals surface area contributed by atoms with Crippen molar-refractivity contribution in [3.63, 3.8) is 0 Å². The summed E-state index contributed by atoms with van der Waals surface area (Å²) in [6, 6.07) is 0. The molecule has 0 rings (SSSR count). The highest BCUT2D eigenvalue weighted by molar-refractivity contribution is 7.93. The summed E-state index contributed by atoms with van der Waals surface area (Å²) in [5.74, 6) is 0.657. The van der Waals surface area contributed by atoms with Gasteiger partial charge in [0, 0.05) is 12.2 Å². The first-order valence-electron chi connectivity index (χ1n) is 4.37. The van der Waals surface area contributed by atoms with E-state index in [2.05, 4.69) is 11.6 Å². The molecule has 14 heavy (non-hydrogen) atoms. The van der Waals surface area contributed by atoms with Gasteiger partial charge in [0.1, 0.15) is 0 Å². The summed E-state index contributed by atoms with van der Waals surface area (Å²) in [5, 5.41) is -2.98. The van der Waals surface area contributed by atoms with Gasteiger partial charge in [-0.2, -0.15) is 8.78 Å². The summed E-state index contributed by atoms with van der Waals surface area (Å²) in [6.07, 6.45) is 1.55. The predicted octanol–water partition coefficient (Wildman–Crippen LogP) is 4.56. The smallest absolute Gasteiger partial charge is 0.321 e. The highest BCUT2D eigenvalue weighted by Crippen LogP contribution is 2.23. The molecule has 0 saturated heterocycles. The summed E-state index contributed by atoms with van der Waals surface area (Å²) in [7, 11) is 0. The highest BCUT2D eigenvalue weighted by atomic mass is 35.5. The molecule has 0 aromatic heterocycles. The highest BCUT2D eigenvalue weighted by Gasteiger charge is 2.21. The Kier molecular flexibility index (Phi) is 13.8. The third-order valence-corrected chi connectivity index (χ3v) is 1.81. The van der Waals surface area contributed by atoms with Crippen LogP contribution in [0.3, 0.4) is 0 Å². The van der Waals surface area contributed by atoms with E-state index < -0.39 is 5.38 Å². The maximum absolute atomic E-state index is 11.5. The molecule has 0 aliphatic heterocycles. The number of rotatable bonds is 6. The molecular formula is C8H16ClF3OS. The molecule has 0 bridgehead atoms. The Hall–Kier alpha value is 0.390. The summed E-state index contributed by atoms with van der Waals surface area (Å²) in [6.45, 7) is 1.40. The van der Waals surface area contributed by atoms with Gasteiger partial charge in [0.25, 0.3) is 0 Å². The second-order valence-corrected chi connectivity index (χ2v) is 3.81. The van der Waals surface area contributed by atoms with Crippen molar-refractivity contribution in [1.29, 1.82) is 0 Å². The largest absolute Gasteiger partial charge is 0.330 e. The van der Waals surface area contributed by atoms with E-state index in [-0.39, 0.29) is 13.1 Å². The minimum Gasteiger partial charge on any atom is -0.330 e. The lowest BCUT2D eigenvalue weighted by Gasteiger charge is -2.02. The van der Waals surface area contributed by atoms with E-state index in [1.165, 1.54) is 0 Å². The molecule has 1 nitrogen and oxygen atoms in total. The zero-order valence-corrected chi connectivity index (χ0v) is 9.68. The standard InChI is InChI=1S/C4H7ClF2.C4H9FOS/c1-2-3-4(5,6)7;5-3-1-2-4-7-6/h2-3H2,1H3;6H,1-4H2. The maximum Gasteiger partial charge on any atom is 0.321 e. The monoisotopic (exact) mass is 252 g/mol. The third kappa shape index (κ3) is 22.8. The van der Waals surface area contributed by atoms with Crippen molar-refractivity contribution in [2.24, 2.45) is 0 Å². The second-order valence-electron chi connectivity index (χ2n) is 2.59. The van der Waals surface area contributed by atoms with E-state index in [1.807, 2.05) is 0 Å². The summed E-state index contributed by atoms with van der Waals surface area (Å²) < 4.78 is 42.3. The molecule has 0 aliphatic rings. The maximum atomic E-state index is 11.5. The van der Waals surface area contributed by atoms with Gasteiger partial charge < -0.3 is 4.55 Å². The van der Waals surface area contributed by atoms with Gasteiger partial charge in [0.05, 0.1) is 6.67 Å². The van der Waals surface area contributed by atoms with Gasteiger partial charge in [0.2, 0.25) is 0 Å². The predicted molar refractivity (Wildman–Crippen MR) is 56.0 cm³/mol. The minimum atomic E-state index is -2.98. The van der Waals surface area contributed by atoms with Crippen LogP contribution in [0.15, 0.2) is 0 Å². The SMILES string of the molecule is CCCC(F)(F)Cl.OSCCCCF. The van der Waals surface area contributed by atoms with Crippen LogP contribution in [0.25, 0.3) is 0 Å². The van der Waals surface area contributed by atoms with Crippen LogP contribution in [0.2, 0.25) is 0 Å². The van der Waals surface area contributed by atoms with Crippen molar-refractivity contribution < 1.29 is 17.7 Å². The van der Waals surface area contributed by atoms with E-state index in [0.29, 0.717) is 18.6 Å². The van der Waals surface area contributed by atoms with E-state index in [9.17, 15) is 13.2 Å². The van der Waals surface area contributed by atoms with E-state index in [1.54, 1.807) is 6.92 Å². The van der Waals surface area contributed by atoms with Gasteiger partial charge in [-0.15, -0.1) is 0 Å². The Bertz CT molecular complexity index is 107. The van der Waals surface area contributed by atoms with Gasteiger partial charge >= 0.3 is 5.38 Å². The van der Waals surface area contributed by atoms with Gasteiger partial charge in [-0.05, 0) is 42.9 Å². The number of hydrogen-bond acceptors (Lipinski definition) is 2. The molecule has 1 N–H and O–H groups in total. The van der Waals surface area contributed by atoms with Crippen molar-refractivity contribution >= 4 is 23.6 Å². The zero-order chi connectivity index (χ0) is 11.4. The lowest BCUT2D eigenvalue weighted by molar-refractivity contribution is 0.0853. The Morgan fingerprint density at radius 2 is 1.93 bits per heavy atom. The third-order valence-electron chi connectivity index (χ3n) is 1.15. The first kappa shape index (κ1) is 16.8. The molecule has 0 unspecified atom stereocenters. The first-order valence-corrected chi connectivity index (χ1v) is 5.69. The fourth-order valence-corrected chi connectivity index (χ4v) is 1.07. The van der Waals surface area contributed by atoms with Crippen LogP contribution in [0, 0.1) is 0 Å². The van der Waals surface area contributed by atoms with E-state index in [0.717, 1.165) is 18.5 Å². The number of hydrogen-bond donors (Lipinski definition) is 1. The molecular weight excluding hydrogens is 237 g/mol. The van der Waals surface area contributed by atoms with Gasteiger partial charge in [-0.3, -0.25) is 4.39 Å². The average Bonchev–Trinajstić information content (AvgIpc) is 2.04. The normalized spacial score (nSPS) is 10.7. The fourth-order valence-electron chi connectivity index (χ4n) is 0.545. The number of unbranched alkanes of at least 4 members (excludes halogenated alkanes) is 1. The van der Waals surface area contributed by atoms with Gasteiger partial charge in [-0.25, -0.2) is 0 Å². The van der Waals surface area contributed by atoms with Crippen LogP contribution >= 0.6 is 23.6 Å². The van der Waals surface area contributed by atoms with E-state index >= 15 is 0 Å². The quantitative estimate of drug-likeness (QED) is 0.425. The number of halogens is 4. The van der Waals surface area contributed by atoms with Crippen molar-refractivity contribution in [3.05, 3.63) is 0 Å². The molecule has 0 atom stereocenters. The lowest BCUT2D eigenvalue weighted by atomic mass is 10.3. The van der Waals surface area contributed by atoms with Crippen molar-refractivity contribution in [1.82, 2.24) is 0 Å². The first-order chi connectivity index (χ1) is 6.47. The Morgan fingerprint density at radius 3 is 2.14 bits per heavy atom. The molecule has 0 heterocycles. The Labute approximate surface area is 92.2 Å². The molecule has 0 saturated carbocycles. The molecule has 6 heteroatoms. The molecule has 0 amide bonds. The van der Waals surface area contributed by atoms with Crippen LogP contribution in [-0.4, -0.2) is 22.4 Å². The molecule has 88 valence electrons. The minimum absolute atomic E-state index is 0.228. The van der Waals surface area contributed by atoms with Crippen LogP contribution in [-0.2, 0) is 0 Å². The molecule has 0 aromatic rings. The lowest BCUT2D eigenvalue weighted by Crippen LogP contribution is -2.02. The fraction of sp³-hybridized carbons (Fsp3) is 1.00. The van der Waals surface area contributed by atoms with Crippen molar-refractivity contribution in [2.75, 3.05) is 12.4 Å². The topological polar surface area (TPSA) is 20.2 Å². The van der Waals surface area contributed by atoms with E-state index in [4.69, 9.17) is 4.55 Å². The Balaban J connectivity index is 0. The van der Waals surface area contributed by atoms with Crippen LogP contribution in [0.5, 0.6) is 0 Å². The molecule has 0 aliphatic carbocycles.